The van der Waals surface area contributed by atoms with Crippen molar-refractivity contribution in [1.82, 2.24) is 0 Å². The molecule has 0 aromatic rings. The Morgan fingerprint density at radius 2 is 1.26 bits per heavy atom. The summed E-state index contributed by atoms with van der Waals surface area (Å²) < 4.78 is 44.3. The molecule has 2 fully saturated rings. The number of esters is 5. The third-order valence-electron chi connectivity index (χ3n) is 5.32. The summed E-state index contributed by atoms with van der Waals surface area (Å²) in [7, 11) is 0. The van der Waals surface area contributed by atoms with E-state index in [1.165, 1.54) is 0 Å². The zero-order chi connectivity index (χ0) is 28.8. The standard InChI is InChI=1S/C22H29Cl3O13/c1-9(26)31-7-15-16(25)18(33-11(3)28)19(34-12(4)29)21(36-15)38-22(8-24)20(35-13(5)30)17(32-10(2)27)14(6-23)37-22/h14-21H,6-8H2,1-5H3/t14-,15+,16-,17+,18-,19+,20+,21-,22+/m1/s1. The quantitative estimate of drug-likeness (QED) is 0.198. The second kappa shape index (κ2) is 13.9. The molecule has 0 bridgehead atoms. The molecule has 0 spiro atoms. The van der Waals surface area contributed by atoms with Crippen molar-refractivity contribution in [3.8, 4) is 0 Å². The maximum Gasteiger partial charge on any atom is 0.303 e. The second-order valence-electron chi connectivity index (χ2n) is 8.42. The van der Waals surface area contributed by atoms with E-state index in [1.807, 2.05) is 0 Å². The molecule has 0 unspecified atom stereocenters. The maximum absolute atomic E-state index is 12.0. The van der Waals surface area contributed by atoms with Crippen LogP contribution in [-0.2, 0) is 61.9 Å². The molecule has 0 aliphatic carbocycles. The molecule has 38 heavy (non-hydrogen) atoms. The summed E-state index contributed by atoms with van der Waals surface area (Å²) in [5, 5.41) is -1.17. The highest BCUT2D eigenvalue weighted by molar-refractivity contribution is 6.21. The van der Waals surface area contributed by atoms with Crippen molar-refractivity contribution in [3.63, 3.8) is 0 Å². The van der Waals surface area contributed by atoms with Gasteiger partial charge in [0, 0.05) is 34.6 Å². The van der Waals surface area contributed by atoms with Gasteiger partial charge in [0.2, 0.25) is 12.1 Å². The van der Waals surface area contributed by atoms with Crippen molar-refractivity contribution in [2.45, 2.75) is 88.7 Å². The lowest BCUT2D eigenvalue weighted by Gasteiger charge is -2.45. The average molecular weight is 608 g/mol. The second-order valence-corrected chi connectivity index (χ2v) is 9.50. The molecule has 216 valence electrons. The first-order valence-corrected chi connectivity index (χ1v) is 12.8. The lowest BCUT2D eigenvalue weighted by Crippen LogP contribution is -2.63. The highest BCUT2D eigenvalue weighted by Crippen LogP contribution is 2.42. The van der Waals surface area contributed by atoms with E-state index in [1.54, 1.807) is 0 Å². The fraction of sp³-hybridized carbons (Fsp3) is 0.773. The number of hydrogen-bond acceptors (Lipinski definition) is 13. The minimum Gasteiger partial charge on any atom is -0.463 e. The Bertz CT molecular complexity index is 902. The van der Waals surface area contributed by atoms with Crippen molar-refractivity contribution < 1.29 is 61.9 Å². The van der Waals surface area contributed by atoms with Crippen molar-refractivity contribution in [3.05, 3.63) is 0 Å². The minimum atomic E-state index is -2.07. The van der Waals surface area contributed by atoms with Crippen LogP contribution in [-0.4, -0.2) is 102 Å². The molecule has 2 aliphatic rings. The van der Waals surface area contributed by atoms with Crippen LogP contribution in [0.15, 0.2) is 0 Å². The Hall–Kier alpha value is -1.90. The van der Waals surface area contributed by atoms with Crippen LogP contribution in [0.3, 0.4) is 0 Å². The number of halogens is 3. The predicted molar refractivity (Wildman–Crippen MR) is 127 cm³/mol. The van der Waals surface area contributed by atoms with E-state index in [0.717, 1.165) is 34.6 Å². The first-order valence-electron chi connectivity index (χ1n) is 11.3. The van der Waals surface area contributed by atoms with Crippen LogP contribution in [0.4, 0.5) is 0 Å². The van der Waals surface area contributed by atoms with Crippen LogP contribution >= 0.6 is 34.8 Å². The highest BCUT2D eigenvalue weighted by atomic mass is 35.5. The van der Waals surface area contributed by atoms with E-state index in [-0.39, 0.29) is 5.88 Å². The van der Waals surface area contributed by atoms with Gasteiger partial charge in [-0.3, -0.25) is 24.0 Å². The fourth-order valence-electron chi connectivity index (χ4n) is 3.99. The molecule has 0 radical (unpaired) electrons. The fourth-order valence-corrected chi connectivity index (χ4v) is 4.83. The smallest absolute Gasteiger partial charge is 0.303 e. The third kappa shape index (κ3) is 8.06. The average Bonchev–Trinajstić information content (AvgIpc) is 3.08. The van der Waals surface area contributed by atoms with E-state index in [9.17, 15) is 24.0 Å². The molecule has 13 nitrogen and oxygen atoms in total. The molecule has 2 rings (SSSR count). The summed E-state index contributed by atoms with van der Waals surface area (Å²) in [6, 6.07) is 0. The molecule has 16 heteroatoms. The number of hydrogen-bond donors (Lipinski definition) is 0. The van der Waals surface area contributed by atoms with Crippen molar-refractivity contribution in [2.24, 2.45) is 0 Å². The van der Waals surface area contributed by atoms with Crippen molar-refractivity contribution in [2.75, 3.05) is 18.4 Å². The summed E-state index contributed by atoms with van der Waals surface area (Å²) in [5.74, 6) is -6.59. The van der Waals surface area contributed by atoms with Gasteiger partial charge in [0.25, 0.3) is 0 Å². The van der Waals surface area contributed by atoms with Gasteiger partial charge in [-0.15, -0.1) is 34.8 Å². The van der Waals surface area contributed by atoms with E-state index < -0.39 is 96.4 Å². The summed E-state index contributed by atoms with van der Waals surface area (Å²) in [4.78, 5) is 59.0. The van der Waals surface area contributed by atoms with E-state index in [2.05, 4.69) is 0 Å². The van der Waals surface area contributed by atoms with Crippen LogP contribution in [0.5, 0.6) is 0 Å². The molecular weight excluding hydrogens is 579 g/mol. The number of carbonyl (C=O) groups excluding carboxylic acids is 5. The van der Waals surface area contributed by atoms with Crippen LogP contribution in [0.1, 0.15) is 34.6 Å². The molecule has 2 saturated heterocycles. The summed E-state index contributed by atoms with van der Waals surface area (Å²) in [5.41, 5.74) is 0. The van der Waals surface area contributed by atoms with Gasteiger partial charge in [0.05, 0.1) is 11.8 Å². The zero-order valence-corrected chi connectivity index (χ0v) is 23.4. The Balaban J connectivity index is 2.55. The van der Waals surface area contributed by atoms with Gasteiger partial charge in [-0.1, -0.05) is 0 Å². The molecular formula is C22H29Cl3O13. The molecule has 0 saturated carbocycles. The van der Waals surface area contributed by atoms with Gasteiger partial charge in [-0.25, -0.2) is 0 Å². The molecule has 0 aromatic carbocycles. The number of rotatable bonds is 10. The summed E-state index contributed by atoms with van der Waals surface area (Å²) >= 11 is 18.8. The monoisotopic (exact) mass is 606 g/mol. The number of ether oxygens (including phenoxy) is 8. The Morgan fingerprint density at radius 3 is 1.74 bits per heavy atom. The maximum atomic E-state index is 12.0. The van der Waals surface area contributed by atoms with Gasteiger partial charge >= 0.3 is 29.8 Å². The molecule has 0 amide bonds. The molecule has 0 aromatic heterocycles. The molecule has 2 aliphatic heterocycles. The Kier molecular flexibility index (Phi) is 11.9. The zero-order valence-electron chi connectivity index (χ0n) is 21.2. The number of alkyl halides is 3. The summed E-state index contributed by atoms with van der Waals surface area (Å²) in [6.45, 7) is 5.18. The normalized spacial score (nSPS) is 34.6. The van der Waals surface area contributed by atoms with E-state index >= 15 is 0 Å². The highest BCUT2D eigenvalue weighted by Gasteiger charge is 2.63. The van der Waals surface area contributed by atoms with Gasteiger partial charge < -0.3 is 37.9 Å². The van der Waals surface area contributed by atoms with Crippen LogP contribution < -0.4 is 0 Å². The van der Waals surface area contributed by atoms with Gasteiger partial charge in [0.1, 0.15) is 24.2 Å². The Labute approximate surface area is 233 Å². The SMILES string of the molecule is CC(=O)OC[C@@H]1O[C@H](O[C@]2(CCl)O[C@H](CCl)[C@H](OC(C)=O)[C@@H]2OC(C)=O)[C@@H](OC(C)=O)[C@H](OC(C)=O)[C@@H]1Cl. The third-order valence-corrected chi connectivity index (χ3v) is 6.53. The van der Waals surface area contributed by atoms with E-state index in [0.29, 0.717) is 0 Å². The van der Waals surface area contributed by atoms with Crippen molar-refractivity contribution >= 4 is 64.6 Å². The minimum absolute atomic E-state index is 0.231. The topological polar surface area (TPSA) is 159 Å². The van der Waals surface area contributed by atoms with Crippen LogP contribution in [0.2, 0.25) is 0 Å². The summed E-state index contributed by atoms with van der Waals surface area (Å²) in [6.07, 6.45) is -9.38. The molecule has 2 heterocycles. The Morgan fingerprint density at radius 1 is 0.737 bits per heavy atom. The van der Waals surface area contributed by atoms with Gasteiger partial charge in [0.15, 0.2) is 24.4 Å². The largest absolute Gasteiger partial charge is 0.463 e. The van der Waals surface area contributed by atoms with Crippen molar-refractivity contribution in [1.29, 1.82) is 0 Å². The lowest BCUT2D eigenvalue weighted by molar-refractivity contribution is -0.359. The molecule has 0 N–H and O–H groups in total. The first-order chi connectivity index (χ1) is 17.7. The predicted octanol–water partition coefficient (Wildman–Crippen LogP) is 1.20. The lowest BCUT2D eigenvalue weighted by atomic mass is 10.0. The number of carbonyl (C=O) groups is 5. The van der Waals surface area contributed by atoms with Gasteiger partial charge in [-0.05, 0) is 0 Å². The van der Waals surface area contributed by atoms with E-state index in [4.69, 9.17) is 72.7 Å². The van der Waals surface area contributed by atoms with Crippen LogP contribution in [0.25, 0.3) is 0 Å². The van der Waals surface area contributed by atoms with Crippen LogP contribution in [0, 0.1) is 0 Å². The first kappa shape index (κ1) is 32.3. The molecule has 9 atom stereocenters. The van der Waals surface area contributed by atoms with Gasteiger partial charge in [-0.2, -0.15) is 0 Å².